The Morgan fingerprint density at radius 1 is 1.38 bits per heavy atom. The standard InChI is InChI=1S/C14H8ClFN2O3/c15-11-2-1-9(5-12(11)16)18-6-10(14(19)20)13(17-18)8-3-4-21-7-8/h1-7H,(H,19,20). The molecular formula is C14H8ClFN2O3. The number of aromatic nitrogens is 2. The van der Waals surface area contributed by atoms with Crippen LogP contribution in [0.25, 0.3) is 16.9 Å². The lowest BCUT2D eigenvalue weighted by molar-refractivity contribution is 0.0697. The number of hydrogen-bond acceptors (Lipinski definition) is 3. The van der Waals surface area contributed by atoms with Crippen LogP contribution in [0, 0.1) is 5.82 Å². The van der Waals surface area contributed by atoms with E-state index in [1.54, 1.807) is 12.1 Å². The first-order valence-electron chi connectivity index (χ1n) is 5.87. The van der Waals surface area contributed by atoms with Crippen LogP contribution in [-0.2, 0) is 0 Å². The number of aromatic carboxylic acids is 1. The van der Waals surface area contributed by atoms with Gasteiger partial charge in [0.15, 0.2) is 0 Å². The van der Waals surface area contributed by atoms with E-state index in [1.165, 1.54) is 35.5 Å². The van der Waals surface area contributed by atoms with E-state index in [1.807, 2.05) is 0 Å². The van der Waals surface area contributed by atoms with E-state index in [-0.39, 0.29) is 16.3 Å². The smallest absolute Gasteiger partial charge is 0.339 e. The summed E-state index contributed by atoms with van der Waals surface area (Å²) in [4.78, 5) is 11.3. The maximum absolute atomic E-state index is 13.5. The lowest BCUT2D eigenvalue weighted by atomic mass is 10.1. The predicted molar refractivity (Wildman–Crippen MR) is 73.2 cm³/mol. The molecule has 0 aliphatic heterocycles. The van der Waals surface area contributed by atoms with Gasteiger partial charge in [-0.25, -0.2) is 13.9 Å². The minimum Gasteiger partial charge on any atom is -0.478 e. The Morgan fingerprint density at radius 3 is 2.81 bits per heavy atom. The second-order valence-electron chi connectivity index (χ2n) is 4.25. The molecule has 0 saturated carbocycles. The van der Waals surface area contributed by atoms with Crippen LogP contribution in [-0.4, -0.2) is 20.9 Å². The molecule has 3 rings (SSSR count). The maximum Gasteiger partial charge on any atom is 0.339 e. The summed E-state index contributed by atoms with van der Waals surface area (Å²) in [5.74, 6) is -1.74. The number of furan rings is 1. The summed E-state index contributed by atoms with van der Waals surface area (Å²) in [5, 5.41) is 13.4. The maximum atomic E-state index is 13.5. The minimum atomic E-state index is -1.13. The number of benzene rings is 1. The van der Waals surface area contributed by atoms with Gasteiger partial charge in [0.05, 0.1) is 23.2 Å². The Bertz CT molecular complexity index is 812. The summed E-state index contributed by atoms with van der Waals surface area (Å²) in [7, 11) is 0. The first-order valence-corrected chi connectivity index (χ1v) is 6.25. The van der Waals surface area contributed by atoms with Gasteiger partial charge in [-0.05, 0) is 18.2 Å². The van der Waals surface area contributed by atoms with Crippen molar-refractivity contribution in [2.75, 3.05) is 0 Å². The summed E-state index contributed by atoms with van der Waals surface area (Å²) >= 11 is 5.63. The lowest BCUT2D eigenvalue weighted by Gasteiger charge is -2.01. The van der Waals surface area contributed by atoms with Crippen LogP contribution in [0.5, 0.6) is 0 Å². The van der Waals surface area contributed by atoms with Gasteiger partial charge in [0, 0.05) is 17.8 Å². The second kappa shape index (κ2) is 5.06. The molecule has 0 unspecified atom stereocenters. The summed E-state index contributed by atoms with van der Waals surface area (Å²) < 4.78 is 19.7. The molecule has 106 valence electrons. The molecule has 3 aromatic rings. The Hall–Kier alpha value is -2.60. The molecule has 21 heavy (non-hydrogen) atoms. The van der Waals surface area contributed by atoms with E-state index in [4.69, 9.17) is 16.0 Å². The lowest BCUT2D eigenvalue weighted by Crippen LogP contribution is -1.96. The molecule has 0 bridgehead atoms. The summed E-state index contributed by atoms with van der Waals surface area (Å²) in [6.07, 6.45) is 4.12. The fraction of sp³-hybridized carbons (Fsp3) is 0. The molecule has 2 aromatic heterocycles. The Labute approximate surface area is 123 Å². The van der Waals surface area contributed by atoms with Crippen molar-refractivity contribution in [2.24, 2.45) is 0 Å². The van der Waals surface area contributed by atoms with Crippen LogP contribution in [0.15, 0.2) is 47.4 Å². The summed E-state index contributed by atoms with van der Waals surface area (Å²) in [5.41, 5.74) is 1.13. The van der Waals surface area contributed by atoms with Crippen molar-refractivity contribution in [1.29, 1.82) is 0 Å². The molecule has 1 aromatic carbocycles. The van der Waals surface area contributed by atoms with Gasteiger partial charge in [-0.3, -0.25) is 0 Å². The Balaban J connectivity index is 2.14. The normalized spacial score (nSPS) is 10.8. The molecule has 7 heteroatoms. The van der Waals surface area contributed by atoms with Gasteiger partial charge in [-0.2, -0.15) is 5.10 Å². The van der Waals surface area contributed by atoms with Gasteiger partial charge in [0.25, 0.3) is 0 Å². The van der Waals surface area contributed by atoms with E-state index in [0.29, 0.717) is 11.3 Å². The molecule has 0 saturated heterocycles. The van der Waals surface area contributed by atoms with Crippen molar-refractivity contribution >= 4 is 17.6 Å². The summed E-state index contributed by atoms with van der Waals surface area (Å²) in [6.45, 7) is 0. The first-order chi connectivity index (χ1) is 10.1. The van der Waals surface area contributed by atoms with Crippen LogP contribution in [0.4, 0.5) is 4.39 Å². The van der Waals surface area contributed by atoms with E-state index in [2.05, 4.69) is 5.10 Å². The van der Waals surface area contributed by atoms with Crippen molar-refractivity contribution in [3.63, 3.8) is 0 Å². The van der Waals surface area contributed by atoms with Crippen molar-refractivity contribution in [3.05, 3.63) is 59.4 Å². The molecule has 5 nitrogen and oxygen atoms in total. The molecular weight excluding hydrogens is 299 g/mol. The van der Waals surface area contributed by atoms with Crippen LogP contribution >= 0.6 is 11.6 Å². The molecule has 0 fully saturated rings. The van der Waals surface area contributed by atoms with Crippen molar-refractivity contribution in [1.82, 2.24) is 9.78 Å². The molecule has 0 amide bonds. The molecule has 2 heterocycles. The molecule has 0 radical (unpaired) electrons. The number of halogens is 2. The number of carbonyl (C=O) groups is 1. The van der Waals surface area contributed by atoms with Crippen LogP contribution in [0.2, 0.25) is 5.02 Å². The van der Waals surface area contributed by atoms with E-state index in [0.717, 1.165) is 0 Å². The monoisotopic (exact) mass is 306 g/mol. The van der Waals surface area contributed by atoms with Crippen molar-refractivity contribution in [2.45, 2.75) is 0 Å². The molecule has 0 atom stereocenters. The van der Waals surface area contributed by atoms with Gasteiger partial charge in [0.2, 0.25) is 0 Å². The highest BCUT2D eigenvalue weighted by atomic mass is 35.5. The van der Waals surface area contributed by atoms with E-state index >= 15 is 0 Å². The fourth-order valence-corrected chi connectivity index (χ4v) is 2.02. The van der Waals surface area contributed by atoms with Crippen LogP contribution < -0.4 is 0 Å². The zero-order valence-electron chi connectivity index (χ0n) is 10.5. The SMILES string of the molecule is O=C(O)c1cn(-c2ccc(Cl)c(F)c2)nc1-c1ccoc1. The van der Waals surface area contributed by atoms with E-state index < -0.39 is 11.8 Å². The minimum absolute atomic E-state index is 0.00763. The van der Waals surface area contributed by atoms with Gasteiger partial charge in [-0.15, -0.1) is 0 Å². The highest BCUT2D eigenvalue weighted by molar-refractivity contribution is 6.30. The third kappa shape index (κ3) is 2.41. The number of nitrogens with zero attached hydrogens (tertiary/aromatic N) is 2. The van der Waals surface area contributed by atoms with Gasteiger partial charge < -0.3 is 9.52 Å². The average molecular weight is 307 g/mol. The third-order valence-corrected chi connectivity index (χ3v) is 3.21. The molecule has 0 spiro atoms. The van der Waals surface area contributed by atoms with Crippen molar-refractivity contribution in [3.8, 4) is 16.9 Å². The second-order valence-corrected chi connectivity index (χ2v) is 4.66. The Kier molecular flexibility index (Phi) is 3.23. The van der Waals surface area contributed by atoms with Crippen LogP contribution in [0.1, 0.15) is 10.4 Å². The van der Waals surface area contributed by atoms with Crippen LogP contribution in [0.3, 0.4) is 0 Å². The number of hydrogen-bond donors (Lipinski definition) is 1. The number of carboxylic acid groups (broad SMARTS) is 1. The largest absolute Gasteiger partial charge is 0.478 e. The molecule has 1 N–H and O–H groups in total. The summed E-state index contributed by atoms with van der Waals surface area (Å²) in [6, 6.07) is 5.71. The van der Waals surface area contributed by atoms with Gasteiger partial charge in [-0.1, -0.05) is 11.6 Å². The zero-order chi connectivity index (χ0) is 15.0. The average Bonchev–Trinajstić information content (AvgIpc) is 3.09. The topological polar surface area (TPSA) is 68.3 Å². The number of rotatable bonds is 3. The Morgan fingerprint density at radius 2 is 2.19 bits per heavy atom. The third-order valence-electron chi connectivity index (χ3n) is 2.91. The number of carboxylic acids is 1. The quantitative estimate of drug-likeness (QED) is 0.802. The molecule has 0 aliphatic carbocycles. The first kappa shape index (κ1) is 13.4. The van der Waals surface area contributed by atoms with Gasteiger partial charge >= 0.3 is 5.97 Å². The highest BCUT2D eigenvalue weighted by Gasteiger charge is 2.18. The van der Waals surface area contributed by atoms with E-state index in [9.17, 15) is 14.3 Å². The highest BCUT2D eigenvalue weighted by Crippen LogP contribution is 2.25. The van der Waals surface area contributed by atoms with Crippen molar-refractivity contribution < 1.29 is 18.7 Å². The predicted octanol–water partition coefficient (Wildman–Crippen LogP) is 3.62. The zero-order valence-corrected chi connectivity index (χ0v) is 11.2. The molecule has 0 aliphatic rings. The fourth-order valence-electron chi connectivity index (χ4n) is 1.90. The van der Waals surface area contributed by atoms with Gasteiger partial charge in [0.1, 0.15) is 17.1 Å².